The van der Waals surface area contributed by atoms with E-state index in [2.05, 4.69) is 15.5 Å². The van der Waals surface area contributed by atoms with Crippen LogP contribution in [0.1, 0.15) is 11.5 Å². The summed E-state index contributed by atoms with van der Waals surface area (Å²) in [5.74, 6) is 2.15. The Morgan fingerprint density at radius 1 is 1.19 bits per heavy atom. The van der Waals surface area contributed by atoms with E-state index in [1.807, 2.05) is 31.3 Å². The molecule has 0 aliphatic rings. The van der Waals surface area contributed by atoms with Crippen molar-refractivity contribution in [3.63, 3.8) is 0 Å². The number of aromatic nitrogens is 2. The average molecular weight is 285 g/mol. The topological polar surface area (TPSA) is 73.3 Å². The van der Waals surface area contributed by atoms with Crippen molar-refractivity contribution in [1.82, 2.24) is 15.5 Å². The number of nitrogens with zero attached hydrogens (tertiary/aromatic N) is 2. The Hall–Kier alpha value is -2.60. The van der Waals surface area contributed by atoms with Crippen LogP contribution in [0.15, 0.2) is 51.6 Å². The smallest absolute Gasteiger partial charge is 0.264 e. The van der Waals surface area contributed by atoms with Crippen LogP contribution >= 0.6 is 0 Å². The summed E-state index contributed by atoms with van der Waals surface area (Å²) in [6.07, 6.45) is 1.56. The van der Waals surface area contributed by atoms with Crippen molar-refractivity contribution in [3.8, 4) is 17.3 Å². The highest BCUT2D eigenvalue weighted by molar-refractivity contribution is 5.44. The summed E-state index contributed by atoms with van der Waals surface area (Å²) >= 11 is 0. The molecule has 0 aliphatic carbocycles. The normalized spacial score (nSPS) is 10.7. The van der Waals surface area contributed by atoms with Crippen LogP contribution in [0.5, 0.6) is 5.75 Å². The fourth-order valence-corrected chi connectivity index (χ4v) is 1.87. The number of ether oxygens (including phenoxy) is 1. The molecule has 0 aliphatic heterocycles. The molecule has 0 atom stereocenters. The zero-order valence-corrected chi connectivity index (χ0v) is 11.6. The molecule has 0 unspecified atom stereocenters. The van der Waals surface area contributed by atoms with Gasteiger partial charge in [0, 0.05) is 6.54 Å². The first kappa shape index (κ1) is 13.4. The fourth-order valence-electron chi connectivity index (χ4n) is 1.87. The molecule has 108 valence electrons. The van der Waals surface area contributed by atoms with Crippen LogP contribution in [0.3, 0.4) is 0 Å². The number of rotatable bonds is 6. The molecule has 0 saturated carbocycles. The molecule has 0 saturated heterocycles. The average Bonchev–Trinajstić information content (AvgIpc) is 3.18. The van der Waals surface area contributed by atoms with E-state index >= 15 is 0 Å². The molecule has 1 N–H and O–H groups in total. The summed E-state index contributed by atoms with van der Waals surface area (Å²) in [6.45, 7) is 1.05. The molecule has 2 aromatic heterocycles. The van der Waals surface area contributed by atoms with E-state index in [0.717, 1.165) is 12.3 Å². The molecular weight excluding hydrogens is 270 g/mol. The first-order valence-corrected chi connectivity index (χ1v) is 6.58. The Bertz CT molecular complexity index is 675. The Labute approximate surface area is 121 Å². The molecule has 0 fully saturated rings. The highest BCUT2D eigenvalue weighted by Gasteiger charge is 2.11. The zero-order chi connectivity index (χ0) is 14.5. The number of nitrogens with one attached hydrogen (secondary N) is 1. The van der Waals surface area contributed by atoms with Gasteiger partial charge >= 0.3 is 0 Å². The monoisotopic (exact) mass is 285 g/mol. The summed E-state index contributed by atoms with van der Waals surface area (Å²) in [5.41, 5.74) is 1.20. The van der Waals surface area contributed by atoms with E-state index in [-0.39, 0.29) is 6.61 Å². The lowest BCUT2D eigenvalue weighted by Crippen LogP contribution is -2.04. The van der Waals surface area contributed by atoms with E-state index in [4.69, 9.17) is 13.7 Å². The molecule has 3 aromatic rings. The van der Waals surface area contributed by atoms with Gasteiger partial charge in [-0.3, -0.25) is 0 Å². The number of hydrogen-bond acceptors (Lipinski definition) is 6. The first-order valence-electron chi connectivity index (χ1n) is 6.58. The maximum absolute atomic E-state index is 5.61. The van der Waals surface area contributed by atoms with E-state index in [0.29, 0.717) is 17.5 Å². The standard InChI is InChI=1S/C15H15N3O3/c1-16-9-11-4-6-12(7-5-11)20-10-14-17-15(18-21-14)13-3-2-8-19-13/h2-8,16H,9-10H2,1H3. The van der Waals surface area contributed by atoms with Gasteiger partial charge in [-0.05, 0) is 36.9 Å². The van der Waals surface area contributed by atoms with Crippen LogP contribution < -0.4 is 10.1 Å². The molecule has 0 spiro atoms. The lowest BCUT2D eigenvalue weighted by atomic mass is 10.2. The Morgan fingerprint density at radius 3 is 2.76 bits per heavy atom. The van der Waals surface area contributed by atoms with Gasteiger partial charge in [-0.1, -0.05) is 17.3 Å². The van der Waals surface area contributed by atoms with Gasteiger partial charge in [0.1, 0.15) is 5.75 Å². The molecule has 21 heavy (non-hydrogen) atoms. The minimum Gasteiger partial charge on any atom is -0.484 e. The molecule has 0 radical (unpaired) electrons. The lowest BCUT2D eigenvalue weighted by Gasteiger charge is -2.04. The third-order valence-electron chi connectivity index (χ3n) is 2.88. The van der Waals surface area contributed by atoms with Gasteiger partial charge in [-0.15, -0.1) is 0 Å². The predicted octanol–water partition coefficient (Wildman–Crippen LogP) is 2.63. The molecule has 3 rings (SSSR count). The summed E-state index contributed by atoms with van der Waals surface area (Å²) in [6, 6.07) is 11.4. The van der Waals surface area contributed by atoms with Gasteiger partial charge in [0.15, 0.2) is 12.4 Å². The van der Waals surface area contributed by atoms with Crippen molar-refractivity contribution < 1.29 is 13.7 Å². The largest absolute Gasteiger partial charge is 0.484 e. The Balaban J connectivity index is 1.60. The minimum absolute atomic E-state index is 0.221. The van der Waals surface area contributed by atoms with Crippen molar-refractivity contribution in [2.24, 2.45) is 0 Å². The van der Waals surface area contributed by atoms with E-state index < -0.39 is 0 Å². The van der Waals surface area contributed by atoms with Crippen molar-refractivity contribution in [2.75, 3.05) is 7.05 Å². The molecule has 0 amide bonds. The highest BCUT2D eigenvalue weighted by Crippen LogP contribution is 2.17. The van der Waals surface area contributed by atoms with Crippen LogP contribution in [0, 0.1) is 0 Å². The van der Waals surface area contributed by atoms with Crippen molar-refractivity contribution in [3.05, 3.63) is 54.1 Å². The first-order chi connectivity index (χ1) is 10.3. The number of furan rings is 1. The third kappa shape index (κ3) is 3.29. The van der Waals surface area contributed by atoms with E-state index in [1.54, 1.807) is 18.4 Å². The maximum Gasteiger partial charge on any atom is 0.264 e. The molecule has 0 bridgehead atoms. The van der Waals surface area contributed by atoms with Gasteiger partial charge in [0.2, 0.25) is 5.82 Å². The van der Waals surface area contributed by atoms with Crippen LogP contribution in [0.2, 0.25) is 0 Å². The van der Waals surface area contributed by atoms with Crippen LogP contribution in [0.25, 0.3) is 11.6 Å². The highest BCUT2D eigenvalue weighted by atomic mass is 16.5. The molecule has 6 nitrogen and oxygen atoms in total. The van der Waals surface area contributed by atoms with Gasteiger partial charge in [-0.2, -0.15) is 4.98 Å². The van der Waals surface area contributed by atoms with Gasteiger partial charge in [-0.25, -0.2) is 0 Å². The van der Waals surface area contributed by atoms with Crippen LogP contribution in [-0.2, 0) is 13.2 Å². The maximum atomic E-state index is 5.61. The van der Waals surface area contributed by atoms with Crippen molar-refractivity contribution in [2.45, 2.75) is 13.2 Å². The quantitative estimate of drug-likeness (QED) is 0.750. The molecule has 2 heterocycles. The molecule has 1 aromatic carbocycles. The Kier molecular flexibility index (Phi) is 3.97. The summed E-state index contributed by atoms with van der Waals surface area (Å²) in [5, 5.41) is 6.94. The third-order valence-corrected chi connectivity index (χ3v) is 2.88. The second kappa shape index (κ2) is 6.23. The zero-order valence-electron chi connectivity index (χ0n) is 11.6. The van der Waals surface area contributed by atoms with Crippen LogP contribution in [0.4, 0.5) is 0 Å². The van der Waals surface area contributed by atoms with Crippen molar-refractivity contribution >= 4 is 0 Å². The summed E-state index contributed by atoms with van der Waals surface area (Å²) < 4.78 is 15.9. The van der Waals surface area contributed by atoms with Gasteiger partial charge in [0.05, 0.1) is 6.26 Å². The number of benzene rings is 1. The minimum atomic E-state index is 0.221. The van der Waals surface area contributed by atoms with E-state index in [1.165, 1.54) is 5.56 Å². The lowest BCUT2D eigenvalue weighted by molar-refractivity contribution is 0.243. The molecular formula is C15H15N3O3. The second-order valence-electron chi connectivity index (χ2n) is 4.45. The molecule has 6 heteroatoms. The van der Waals surface area contributed by atoms with E-state index in [9.17, 15) is 0 Å². The second-order valence-corrected chi connectivity index (χ2v) is 4.45. The number of hydrogen-bond donors (Lipinski definition) is 1. The SMILES string of the molecule is CNCc1ccc(OCc2nc(-c3ccco3)no2)cc1. The van der Waals surface area contributed by atoms with Crippen molar-refractivity contribution in [1.29, 1.82) is 0 Å². The van der Waals surface area contributed by atoms with Gasteiger partial charge in [0.25, 0.3) is 5.89 Å². The van der Waals surface area contributed by atoms with Gasteiger partial charge < -0.3 is 19.0 Å². The Morgan fingerprint density at radius 2 is 2.05 bits per heavy atom. The summed E-state index contributed by atoms with van der Waals surface area (Å²) in [4.78, 5) is 4.21. The predicted molar refractivity (Wildman–Crippen MR) is 75.5 cm³/mol. The van der Waals surface area contributed by atoms with Crippen LogP contribution in [-0.4, -0.2) is 17.2 Å². The summed E-state index contributed by atoms with van der Waals surface area (Å²) in [7, 11) is 1.91. The fraction of sp³-hybridized carbons (Fsp3) is 0.200.